The van der Waals surface area contributed by atoms with Crippen LogP contribution in [0.25, 0.3) is 0 Å². The smallest absolute Gasteiger partial charge is 0.0703 e. The Labute approximate surface area is 110 Å². The molecular weight excluding hydrogens is 234 g/mol. The number of hydrogen-bond donors (Lipinski definition) is 1. The van der Waals surface area contributed by atoms with Gasteiger partial charge in [0.15, 0.2) is 0 Å². The molecule has 1 aliphatic rings. The van der Waals surface area contributed by atoms with Gasteiger partial charge in [0.05, 0.1) is 12.7 Å². The predicted molar refractivity (Wildman–Crippen MR) is 74.7 cm³/mol. The van der Waals surface area contributed by atoms with Crippen molar-refractivity contribution >= 4 is 11.8 Å². The molecule has 0 aliphatic carbocycles. The minimum Gasteiger partial charge on any atom is -0.395 e. The number of hydrogen-bond acceptors (Lipinski definition) is 4. The molecule has 2 atom stereocenters. The molecule has 102 valence electrons. The van der Waals surface area contributed by atoms with Crippen LogP contribution in [0, 0.1) is 0 Å². The highest BCUT2D eigenvalue weighted by Gasteiger charge is 2.29. The van der Waals surface area contributed by atoms with Crippen LogP contribution in [0.3, 0.4) is 0 Å². The fraction of sp³-hybridized carbons (Fsp3) is 1.00. The van der Waals surface area contributed by atoms with E-state index in [4.69, 9.17) is 9.84 Å². The zero-order valence-electron chi connectivity index (χ0n) is 11.6. The van der Waals surface area contributed by atoms with E-state index in [1.54, 1.807) is 0 Å². The monoisotopic (exact) mass is 261 g/mol. The average Bonchev–Trinajstić information content (AvgIpc) is 2.61. The molecule has 1 heterocycles. The van der Waals surface area contributed by atoms with Gasteiger partial charge in [-0.25, -0.2) is 0 Å². The van der Waals surface area contributed by atoms with Crippen LogP contribution in [0.2, 0.25) is 0 Å². The molecular formula is C13H27NO2S. The molecule has 0 aromatic carbocycles. The quantitative estimate of drug-likeness (QED) is 0.792. The van der Waals surface area contributed by atoms with Crippen molar-refractivity contribution in [1.82, 2.24) is 4.90 Å². The van der Waals surface area contributed by atoms with E-state index in [9.17, 15) is 0 Å². The second-order valence-corrected chi connectivity index (χ2v) is 7.57. The Balaban J connectivity index is 2.37. The Morgan fingerprint density at radius 3 is 2.53 bits per heavy atom. The van der Waals surface area contributed by atoms with E-state index in [0.29, 0.717) is 16.9 Å². The SMILES string of the molecule is C[C@H]1OCC[C@@H]1N(CCO)CCSC(C)(C)C. The summed E-state index contributed by atoms with van der Waals surface area (Å²) in [6, 6.07) is 0.489. The zero-order valence-corrected chi connectivity index (χ0v) is 12.4. The second kappa shape index (κ2) is 6.98. The third-order valence-corrected chi connectivity index (χ3v) is 4.36. The summed E-state index contributed by atoms with van der Waals surface area (Å²) in [5.74, 6) is 1.12. The number of thioether (sulfide) groups is 1. The normalized spacial score (nSPS) is 25.8. The van der Waals surface area contributed by atoms with Crippen LogP contribution in [0.4, 0.5) is 0 Å². The molecule has 1 rings (SSSR count). The topological polar surface area (TPSA) is 32.7 Å². The molecule has 17 heavy (non-hydrogen) atoms. The van der Waals surface area contributed by atoms with Gasteiger partial charge in [-0.15, -0.1) is 0 Å². The van der Waals surface area contributed by atoms with Crippen LogP contribution in [0.1, 0.15) is 34.1 Å². The highest BCUT2D eigenvalue weighted by atomic mass is 32.2. The third-order valence-electron chi connectivity index (χ3n) is 3.11. The fourth-order valence-electron chi connectivity index (χ4n) is 2.24. The molecule has 0 aromatic heterocycles. The van der Waals surface area contributed by atoms with Crippen LogP contribution in [0.15, 0.2) is 0 Å². The van der Waals surface area contributed by atoms with Gasteiger partial charge in [0.2, 0.25) is 0 Å². The van der Waals surface area contributed by atoms with E-state index >= 15 is 0 Å². The predicted octanol–water partition coefficient (Wildman–Crippen LogP) is 1.99. The number of aliphatic hydroxyl groups excluding tert-OH is 1. The molecule has 4 heteroatoms. The van der Waals surface area contributed by atoms with Gasteiger partial charge in [-0.1, -0.05) is 20.8 Å². The summed E-state index contributed by atoms with van der Waals surface area (Å²) in [6.45, 7) is 11.8. The first-order valence-corrected chi connectivity index (χ1v) is 7.53. The summed E-state index contributed by atoms with van der Waals surface area (Å²) >= 11 is 1.98. The minimum atomic E-state index is 0.239. The number of ether oxygens (including phenoxy) is 1. The maximum atomic E-state index is 9.15. The van der Waals surface area contributed by atoms with Gasteiger partial charge < -0.3 is 9.84 Å². The molecule has 0 saturated carbocycles. The first kappa shape index (κ1) is 15.3. The summed E-state index contributed by atoms with van der Waals surface area (Å²) in [5, 5.41) is 9.15. The molecule has 1 N–H and O–H groups in total. The molecule has 0 spiro atoms. The van der Waals surface area contributed by atoms with E-state index in [-0.39, 0.29) is 6.61 Å². The minimum absolute atomic E-state index is 0.239. The Bertz CT molecular complexity index is 218. The standard InChI is InChI=1S/C13H27NO2S/c1-11-12(5-9-16-11)14(6-8-15)7-10-17-13(2,3)4/h11-12,15H,5-10H2,1-4H3/t11-,12+/m1/s1. The van der Waals surface area contributed by atoms with E-state index in [1.807, 2.05) is 11.8 Å². The van der Waals surface area contributed by atoms with E-state index in [0.717, 1.165) is 31.9 Å². The lowest BCUT2D eigenvalue weighted by Gasteiger charge is -2.31. The third kappa shape index (κ3) is 5.60. The van der Waals surface area contributed by atoms with Crippen molar-refractivity contribution in [3.05, 3.63) is 0 Å². The summed E-state index contributed by atoms with van der Waals surface area (Å²) in [7, 11) is 0. The van der Waals surface area contributed by atoms with Crippen molar-refractivity contribution < 1.29 is 9.84 Å². The average molecular weight is 261 g/mol. The summed E-state index contributed by atoms with van der Waals surface area (Å²) < 4.78 is 5.93. The van der Waals surface area contributed by atoms with Gasteiger partial charge in [0.1, 0.15) is 0 Å². The first-order chi connectivity index (χ1) is 7.94. The van der Waals surface area contributed by atoms with Crippen molar-refractivity contribution in [3.63, 3.8) is 0 Å². The van der Waals surface area contributed by atoms with E-state index in [2.05, 4.69) is 32.6 Å². The van der Waals surface area contributed by atoms with Crippen molar-refractivity contribution in [2.75, 3.05) is 32.1 Å². The lowest BCUT2D eigenvalue weighted by molar-refractivity contribution is 0.0687. The Morgan fingerprint density at radius 2 is 2.06 bits per heavy atom. The largest absolute Gasteiger partial charge is 0.395 e. The maximum Gasteiger partial charge on any atom is 0.0703 e. The Hall–Kier alpha value is 0.230. The molecule has 1 aliphatic heterocycles. The molecule has 0 aromatic rings. The van der Waals surface area contributed by atoms with Gasteiger partial charge >= 0.3 is 0 Å². The van der Waals surface area contributed by atoms with E-state index < -0.39 is 0 Å². The van der Waals surface area contributed by atoms with Crippen LogP contribution in [0.5, 0.6) is 0 Å². The molecule has 3 nitrogen and oxygen atoms in total. The summed E-state index contributed by atoms with van der Waals surface area (Å²) in [5.41, 5.74) is 0. The van der Waals surface area contributed by atoms with Crippen molar-refractivity contribution in [2.24, 2.45) is 0 Å². The lowest BCUT2D eigenvalue weighted by Crippen LogP contribution is -2.42. The van der Waals surface area contributed by atoms with Crippen LogP contribution in [-0.4, -0.2) is 59.0 Å². The molecule has 1 fully saturated rings. The lowest BCUT2D eigenvalue weighted by atomic mass is 10.1. The van der Waals surface area contributed by atoms with Crippen LogP contribution >= 0.6 is 11.8 Å². The van der Waals surface area contributed by atoms with Gasteiger partial charge in [0.25, 0.3) is 0 Å². The molecule has 0 radical (unpaired) electrons. The van der Waals surface area contributed by atoms with Gasteiger partial charge in [-0.2, -0.15) is 11.8 Å². The van der Waals surface area contributed by atoms with Gasteiger partial charge in [-0.3, -0.25) is 4.90 Å². The van der Waals surface area contributed by atoms with Crippen LogP contribution in [-0.2, 0) is 4.74 Å². The Kier molecular flexibility index (Phi) is 6.27. The number of nitrogens with zero attached hydrogens (tertiary/aromatic N) is 1. The van der Waals surface area contributed by atoms with Crippen molar-refractivity contribution in [1.29, 1.82) is 0 Å². The highest BCUT2D eigenvalue weighted by molar-refractivity contribution is 8.00. The molecule has 1 saturated heterocycles. The van der Waals surface area contributed by atoms with Crippen molar-refractivity contribution in [3.8, 4) is 0 Å². The highest BCUT2D eigenvalue weighted by Crippen LogP contribution is 2.24. The van der Waals surface area contributed by atoms with Gasteiger partial charge in [-0.05, 0) is 13.3 Å². The molecule has 0 amide bonds. The second-order valence-electron chi connectivity index (χ2n) is 5.65. The number of aliphatic hydroxyl groups is 1. The fourth-order valence-corrected chi connectivity index (χ4v) is 3.18. The Morgan fingerprint density at radius 1 is 1.35 bits per heavy atom. The van der Waals surface area contributed by atoms with Gasteiger partial charge in [0, 0.05) is 36.2 Å². The van der Waals surface area contributed by atoms with Crippen LogP contribution < -0.4 is 0 Å². The maximum absolute atomic E-state index is 9.15. The van der Waals surface area contributed by atoms with E-state index in [1.165, 1.54) is 0 Å². The van der Waals surface area contributed by atoms with Crippen molar-refractivity contribution in [2.45, 2.75) is 51.0 Å². The summed E-state index contributed by atoms with van der Waals surface area (Å²) in [4.78, 5) is 2.39. The molecule has 0 bridgehead atoms. The summed E-state index contributed by atoms with van der Waals surface area (Å²) in [6.07, 6.45) is 1.41. The molecule has 0 unspecified atom stereocenters. The number of rotatable bonds is 6. The first-order valence-electron chi connectivity index (χ1n) is 6.54. The zero-order chi connectivity index (χ0) is 12.9.